The summed E-state index contributed by atoms with van der Waals surface area (Å²) in [7, 11) is 0. The van der Waals surface area contributed by atoms with Gasteiger partial charge in [-0.15, -0.1) is 11.8 Å². The lowest BCUT2D eigenvalue weighted by molar-refractivity contribution is 0.279. The van der Waals surface area contributed by atoms with Crippen LogP contribution in [0.3, 0.4) is 0 Å². The van der Waals surface area contributed by atoms with Crippen molar-refractivity contribution in [1.29, 1.82) is 0 Å². The molecule has 0 aromatic heterocycles. The third-order valence-electron chi connectivity index (χ3n) is 3.24. The number of nitrogens with zero attached hydrogens (tertiary/aromatic N) is 1. The Labute approximate surface area is 115 Å². The maximum Gasteiger partial charge on any atom is 0.118 e. The van der Waals surface area contributed by atoms with E-state index in [9.17, 15) is 5.11 Å². The molecule has 0 saturated carbocycles. The molecule has 3 heteroatoms. The number of aromatic hydroxyl groups is 1. The van der Waals surface area contributed by atoms with Gasteiger partial charge in [-0.25, -0.2) is 0 Å². The van der Waals surface area contributed by atoms with Gasteiger partial charge in [0.05, 0.1) is 5.37 Å². The standard InChI is InChI=1S/C15H25NOS/c1-4-15(16(5-2)6-3)18-12-11-13-9-7-8-10-14(13)17/h7-10,15,17H,4-6,11-12H2,1-3H3. The second-order valence-corrected chi connectivity index (χ2v) is 5.62. The van der Waals surface area contributed by atoms with Crippen LogP contribution in [0.5, 0.6) is 5.75 Å². The van der Waals surface area contributed by atoms with Crippen molar-refractivity contribution in [2.45, 2.75) is 39.0 Å². The fourth-order valence-corrected chi connectivity index (χ4v) is 3.49. The molecular formula is C15H25NOS. The molecule has 0 spiro atoms. The molecule has 0 saturated heterocycles. The van der Waals surface area contributed by atoms with Gasteiger partial charge in [-0.05, 0) is 43.3 Å². The van der Waals surface area contributed by atoms with E-state index in [0.29, 0.717) is 11.1 Å². The summed E-state index contributed by atoms with van der Waals surface area (Å²) in [5.74, 6) is 1.49. The molecule has 18 heavy (non-hydrogen) atoms. The Morgan fingerprint density at radius 1 is 1.17 bits per heavy atom. The van der Waals surface area contributed by atoms with Crippen LogP contribution in [0, 0.1) is 0 Å². The van der Waals surface area contributed by atoms with E-state index in [1.807, 2.05) is 30.0 Å². The maximum absolute atomic E-state index is 9.71. The number of thioether (sulfide) groups is 1. The Morgan fingerprint density at radius 2 is 1.83 bits per heavy atom. The molecule has 2 nitrogen and oxygen atoms in total. The van der Waals surface area contributed by atoms with Crippen LogP contribution >= 0.6 is 11.8 Å². The van der Waals surface area contributed by atoms with Gasteiger partial charge in [0.1, 0.15) is 5.75 Å². The first-order chi connectivity index (χ1) is 8.72. The van der Waals surface area contributed by atoms with Crippen LogP contribution in [-0.4, -0.2) is 34.2 Å². The fourth-order valence-electron chi connectivity index (χ4n) is 2.14. The van der Waals surface area contributed by atoms with Gasteiger partial charge in [-0.2, -0.15) is 0 Å². The lowest BCUT2D eigenvalue weighted by Gasteiger charge is -2.28. The van der Waals surface area contributed by atoms with Crippen molar-refractivity contribution in [1.82, 2.24) is 4.90 Å². The van der Waals surface area contributed by atoms with Crippen molar-refractivity contribution >= 4 is 11.8 Å². The lowest BCUT2D eigenvalue weighted by atomic mass is 10.1. The number of hydrogen-bond acceptors (Lipinski definition) is 3. The van der Waals surface area contributed by atoms with Gasteiger partial charge in [0, 0.05) is 0 Å². The average molecular weight is 267 g/mol. The van der Waals surface area contributed by atoms with E-state index in [1.165, 1.54) is 6.42 Å². The van der Waals surface area contributed by atoms with Crippen LogP contribution in [0.2, 0.25) is 0 Å². The van der Waals surface area contributed by atoms with Crippen molar-refractivity contribution in [3.8, 4) is 5.75 Å². The van der Waals surface area contributed by atoms with E-state index < -0.39 is 0 Å². The van der Waals surface area contributed by atoms with Crippen molar-refractivity contribution in [2.75, 3.05) is 18.8 Å². The molecule has 0 bridgehead atoms. The number of phenolic OH excluding ortho intramolecular Hbond substituents is 1. The molecule has 0 aliphatic rings. The second kappa shape index (κ2) is 8.44. The quantitative estimate of drug-likeness (QED) is 0.726. The Morgan fingerprint density at radius 3 is 2.39 bits per heavy atom. The zero-order chi connectivity index (χ0) is 13.4. The normalized spacial score (nSPS) is 12.9. The monoisotopic (exact) mass is 267 g/mol. The van der Waals surface area contributed by atoms with Crippen LogP contribution in [0.25, 0.3) is 0 Å². The maximum atomic E-state index is 9.71. The molecule has 1 rings (SSSR count). The second-order valence-electron chi connectivity index (χ2n) is 4.33. The summed E-state index contributed by atoms with van der Waals surface area (Å²) in [6, 6.07) is 7.63. The fraction of sp³-hybridized carbons (Fsp3) is 0.600. The van der Waals surface area contributed by atoms with Gasteiger partial charge in [0.25, 0.3) is 0 Å². The van der Waals surface area contributed by atoms with Crippen molar-refractivity contribution in [3.05, 3.63) is 29.8 Å². The van der Waals surface area contributed by atoms with Crippen molar-refractivity contribution in [2.24, 2.45) is 0 Å². The summed E-state index contributed by atoms with van der Waals surface area (Å²) in [4.78, 5) is 2.50. The predicted molar refractivity (Wildman–Crippen MR) is 81.3 cm³/mol. The van der Waals surface area contributed by atoms with Crippen LogP contribution in [0.4, 0.5) is 0 Å². The number of benzene rings is 1. The average Bonchev–Trinajstić information content (AvgIpc) is 2.40. The van der Waals surface area contributed by atoms with Crippen LogP contribution in [0.1, 0.15) is 32.8 Å². The van der Waals surface area contributed by atoms with Gasteiger partial charge in [0.2, 0.25) is 0 Å². The Bertz CT molecular complexity index is 339. The highest BCUT2D eigenvalue weighted by Gasteiger charge is 2.13. The van der Waals surface area contributed by atoms with E-state index in [0.717, 1.165) is 30.8 Å². The van der Waals surface area contributed by atoms with Gasteiger partial charge in [-0.3, -0.25) is 4.90 Å². The molecule has 1 atom stereocenters. The predicted octanol–water partition coefficient (Wildman–Crippen LogP) is 3.75. The summed E-state index contributed by atoms with van der Waals surface area (Å²) in [5.41, 5.74) is 1.06. The van der Waals surface area contributed by atoms with Crippen LogP contribution < -0.4 is 0 Å². The zero-order valence-corrected chi connectivity index (χ0v) is 12.5. The largest absolute Gasteiger partial charge is 0.508 e. The SMILES string of the molecule is CCC(SCCc1ccccc1O)N(CC)CC. The van der Waals surface area contributed by atoms with Gasteiger partial charge < -0.3 is 5.11 Å². The number of hydrogen-bond donors (Lipinski definition) is 1. The van der Waals surface area contributed by atoms with E-state index >= 15 is 0 Å². The van der Waals surface area contributed by atoms with E-state index in [4.69, 9.17) is 0 Å². The highest BCUT2D eigenvalue weighted by molar-refractivity contribution is 7.99. The first-order valence-electron chi connectivity index (χ1n) is 6.85. The minimum Gasteiger partial charge on any atom is -0.508 e. The highest BCUT2D eigenvalue weighted by atomic mass is 32.2. The molecule has 1 N–H and O–H groups in total. The Hall–Kier alpha value is -0.670. The van der Waals surface area contributed by atoms with Crippen molar-refractivity contribution < 1.29 is 5.11 Å². The number of para-hydroxylation sites is 1. The summed E-state index contributed by atoms with van der Waals surface area (Å²) < 4.78 is 0. The first kappa shape index (κ1) is 15.4. The molecule has 1 aromatic carbocycles. The smallest absolute Gasteiger partial charge is 0.118 e. The molecule has 0 fully saturated rings. The highest BCUT2D eigenvalue weighted by Crippen LogP contribution is 2.22. The van der Waals surface area contributed by atoms with E-state index in [-0.39, 0.29) is 0 Å². The summed E-state index contributed by atoms with van der Waals surface area (Å²) in [5, 5.41) is 10.3. The zero-order valence-electron chi connectivity index (χ0n) is 11.7. The minimum atomic E-state index is 0.425. The first-order valence-corrected chi connectivity index (χ1v) is 7.90. The molecule has 102 valence electrons. The summed E-state index contributed by atoms with van der Waals surface area (Å²) in [6.07, 6.45) is 2.11. The Balaban J connectivity index is 2.42. The summed E-state index contributed by atoms with van der Waals surface area (Å²) in [6.45, 7) is 8.90. The number of phenols is 1. The third kappa shape index (κ3) is 4.54. The molecule has 0 radical (unpaired) electrons. The lowest BCUT2D eigenvalue weighted by Crippen LogP contribution is -2.32. The van der Waals surface area contributed by atoms with Crippen LogP contribution in [-0.2, 0) is 6.42 Å². The topological polar surface area (TPSA) is 23.5 Å². The number of rotatable bonds is 8. The Kier molecular flexibility index (Phi) is 7.21. The molecule has 1 aromatic rings. The molecule has 1 unspecified atom stereocenters. The molecule has 0 aliphatic heterocycles. The number of aryl methyl sites for hydroxylation is 1. The van der Waals surface area contributed by atoms with Gasteiger partial charge >= 0.3 is 0 Å². The summed E-state index contributed by atoms with van der Waals surface area (Å²) >= 11 is 2.00. The van der Waals surface area contributed by atoms with Gasteiger partial charge in [-0.1, -0.05) is 39.0 Å². The molecule has 0 heterocycles. The van der Waals surface area contributed by atoms with E-state index in [2.05, 4.69) is 25.7 Å². The minimum absolute atomic E-state index is 0.425. The van der Waals surface area contributed by atoms with E-state index in [1.54, 1.807) is 6.07 Å². The van der Waals surface area contributed by atoms with Crippen molar-refractivity contribution in [3.63, 3.8) is 0 Å². The molecule has 0 amide bonds. The van der Waals surface area contributed by atoms with Crippen LogP contribution in [0.15, 0.2) is 24.3 Å². The third-order valence-corrected chi connectivity index (χ3v) is 4.70. The van der Waals surface area contributed by atoms with Gasteiger partial charge in [0.15, 0.2) is 0 Å². The molecular weight excluding hydrogens is 242 g/mol. The molecule has 0 aliphatic carbocycles.